The number of halogens is 2. The standard InChI is InChI=1S/C17H25F2NO/c1-12-6-8-14(9-7-12)11-20-13(2)15-4-3-5-16(10-15)21-17(18)19/h3-5,10,12-14,17,20H,6-9,11H2,1-2H3. The van der Waals surface area contributed by atoms with E-state index in [-0.39, 0.29) is 11.8 Å². The zero-order chi connectivity index (χ0) is 15.2. The van der Waals surface area contributed by atoms with Crippen LogP contribution in [0, 0.1) is 11.8 Å². The van der Waals surface area contributed by atoms with Crippen molar-refractivity contribution in [1.82, 2.24) is 5.32 Å². The summed E-state index contributed by atoms with van der Waals surface area (Å²) in [5.74, 6) is 1.83. The molecule has 1 fully saturated rings. The van der Waals surface area contributed by atoms with Gasteiger partial charge < -0.3 is 10.1 Å². The van der Waals surface area contributed by atoms with E-state index in [0.29, 0.717) is 0 Å². The van der Waals surface area contributed by atoms with Crippen molar-refractivity contribution >= 4 is 0 Å². The second kappa shape index (κ2) is 7.74. The van der Waals surface area contributed by atoms with Gasteiger partial charge in [-0.25, -0.2) is 0 Å². The molecule has 1 saturated carbocycles. The SMILES string of the molecule is CC1CCC(CNC(C)c2cccc(OC(F)F)c2)CC1. The van der Waals surface area contributed by atoms with Crippen molar-refractivity contribution in [3.05, 3.63) is 29.8 Å². The molecule has 0 amide bonds. The fraction of sp³-hybridized carbons (Fsp3) is 0.647. The average molecular weight is 297 g/mol. The summed E-state index contributed by atoms with van der Waals surface area (Å²) in [6, 6.07) is 7.09. The highest BCUT2D eigenvalue weighted by Gasteiger charge is 2.18. The lowest BCUT2D eigenvalue weighted by Gasteiger charge is -2.27. The largest absolute Gasteiger partial charge is 0.435 e. The van der Waals surface area contributed by atoms with Crippen LogP contribution in [0.1, 0.15) is 51.1 Å². The highest BCUT2D eigenvalue weighted by Crippen LogP contribution is 2.28. The third-order valence-electron chi connectivity index (χ3n) is 4.43. The van der Waals surface area contributed by atoms with Gasteiger partial charge in [-0.1, -0.05) is 31.9 Å². The van der Waals surface area contributed by atoms with E-state index < -0.39 is 6.61 Å². The summed E-state index contributed by atoms with van der Waals surface area (Å²) in [6.07, 6.45) is 5.21. The first-order chi connectivity index (χ1) is 10.0. The first kappa shape index (κ1) is 16.2. The minimum absolute atomic E-state index is 0.144. The quantitative estimate of drug-likeness (QED) is 0.817. The molecule has 1 aliphatic rings. The van der Waals surface area contributed by atoms with Crippen molar-refractivity contribution in [1.29, 1.82) is 0 Å². The van der Waals surface area contributed by atoms with Gasteiger partial charge >= 0.3 is 6.61 Å². The van der Waals surface area contributed by atoms with E-state index in [9.17, 15) is 8.78 Å². The summed E-state index contributed by atoms with van der Waals surface area (Å²) in [4.78, 5) is 0. The van der Waals surface area contributed by atoms with Crippen LogP contribution >= 0.6 is 0 Å². The number of nitrogens with one attached hydrogen (secondary N) is 1. The number of rotatable bonds is 6. The predicted octanol–water partition coefficient (Wildman–Crippen LogP) is 4.76. The van der Waals surface area contributed by atoms with Crippen molar-refractivity contribution in [2.75, 3.05) is 6.54 Å². The smallest absolute Gasteiger partial charge is 0.387 e. The number of hydrogen-bond acceptors (Lipinski definition) is 2. The zero-order valence-electron chi connectivity index (χ0n) is 12.8. The van der Waals surface area contributed by atoms with Gasteiger partial charge in [-0.05, 0) is 55.8 Å². The van der Waals surface area contributed by atoms with Gasteiger partial charge in [-0.2, -0.15) is 8.78 Å². The second-order valence-corrected chi connectivity index (χ2v) is 6.21. The van der Waals surface area contributed by atoms with Crippen LogP contribution in [0.4, 0.5) is 8.78 Å². The van der Waals surface area contributed by atoms with E-state index >= 15 is 0 Å². The van der Waals surface area contributed by atoms with E-state index in [1.807, 2.05) is 6.07 Å². The molecular weight excluding hydrogens is 272 g/mol. The van der Waals surface area contributed by atoms with Gasteiger partial charge in [0.25, 0.3) is 0 Å². The molecule has 0 aromatic heterocycles. The zero-order valence-corrected chi connectivity index (χ0v) is 12.8. The Bertz CT molecular complexity index is 431. The van der Waals surface area contributed by atoms with Crippen LogP contribution < -0.4 is 10.1 Å². The van der Waals surface area contributed by atoms with Crippen molar-refractivity contribution in [3.8, 4) is 5.75 Å². The van der Waals surface area contributed by atoms with Gasteiger partial charge in [0.2, 0.25) is 0 Å². The minimum atomic E-state index is -2.77. The fourth-order valence-corrected chi connectivity index (χ4v) is 2.95. The number of alkyl halides is 2. The molecule has 21 heavy (non-hydrogen) atoms. The Balaban J connectivity index is 1.83. The van der Waals surface area contributed by atoms with Gasteiger partial charge in [-0.3, -0.25) is 0 Å². The van der Waals surface area contributed by atoms with Crippen LogP contribution in [0.15, 0.2) is 24.3 Å². The van der Waals surface area contributed by atoms with E-state index in [4.69, 9.17) is 0 Å². The topological polar surface area (TPSA) is 21.3 Å². The molecule has 118 valence electrons. The molecule has 0 radical (unpaired) electrons. The molecule has 4 heteroatoms. The van der Waals surface area contributed by atoms with Crippen LogP contribution in [-0.2, 0) is 0 Å². The molecule has 1 atom stereocenters. The Kier molecular flexibility index (Phi) is 5.97. The van der Waals surface area contributed by atoms with Crippen LogP contribution in [0.3, 0.4) is 0 Å². The summed E-state index contributed by atoms with van der Waals surface area (Å²) in [6.45, 7) is 2.61. The molecule has 0 heterocycles. The van der Waals surface area contributed by atoms with E-state index in [1.165, 1.54) is 25.7 Å². The monoisotopic (exact) mass is 297 g/mol. The summed E-state index contributed by atoms with van der Waals surface area (Å²) in [7, 11) is 0. The summed E-state index contributed by atoms with van der Waals surface area (Å²) in [5, 5.41) is 3.52. The third-order valence-corrected chi connectivity index (χ3v) is 4.43. The molecule has 1 aromatic carbocycles. The van der Waals surface area contributed by atoms with E-state index in [1.54, 1.807) is 18.2 Å². The lowest BCUT2D eigenvalue weighted by atomic mass is 9.83. The summed E-state index contributed by atoms with van der Waals surface area (Å²) >= 11 is 0. The first-order valence-electron chi connectivity index (χ1n) is 7.82. The molecule has 1 unspecified atom stereocenters. The third kappa shape index (κ3) is 5.27. The van der Waals surface area contributed by atoms with Crippen LogP contribution in [0.2, 0.25) is 0 Å². The molecule has 0 spiro atoms. The lowest BCUT2D eigenvalue weighted by molar-refractivity contribution is -0.0499. The van der Waals surface area contributed by atoms with Gasteiger partial charge in [0, 0.05) is 6.04 Å². The van der Waals surface area contributed by atoms with Gasteiger partial charge in [0.15, 0.2) is 0 Å². The first-order valence-corrected chi connectivity index (χ1v) is 7.82. The van der Waals surface area contributed by atoms with Crippen LogP contribution in [0.25, 0.3) is 0 Å². The number of ether oxygens (including phenoxy) is 1. The number of hydrogen-bond donors (Lipinski definition) is 1. The maximum absolute atomic E-state index is 12.2. The predicted molar refractivity (Wildman–Crippen MR) is 80.6 cm³/mol. The Morgan fingerprint density at radius 3 is 2.62 bits per heavy atom. The average Bonchev–Trinajstić information content (AvgIpc) is 2.46. The molecular formula is C17H25F2NO. The summed E-state index contributed by atoms with van der Waals surface area (Å²) in [5.41, 5.74) is 0.984. The van der Waals surface area contributed by atoms with E-state index in [0.717, 1.165) is 23.9 Å². The van der Waals surface area contributed by atoms with Gasteiger partial charge in [0.1, 0.15) is 5.75 Å². The Morgan fingerprint density at radius 2 is 1.95 bits per heavy atom. The highest BCUT2D eigenvalue weighted by molar-refractivity contribution is 5.30. The number of benzene rings is 1. The Hall–Kier alpha value is -1.16. The maximum Gasteiger partial charge on any atom is 0.387 e. The molecule has 0 saturated heterocycles. The summed E-state index contributed by atoms with van der Waals surface area (Å²) < 4.78 is 28.9. The molecule has 0 bridgehead atoms. The molecule has 2 nitrogen and oxygen atoms in total. The minimum Gasteiger partial charge on any atom is -0.435 e. The van der Waals surface area contributed by atoms with E-state index in [2.05, 4.69) is 23.9 Å². The van der Waals surface area contributed by atoms with Crippen LogP contribution in [0.5, 0.6) is 5.75 Å². The maximum atomic E-state index is 12.2. The Labute approximate surface area is 125 Å². The molecule has 1 N–H and O–H groups in total. The molecule has 0 aliphatic heterocycles. The molecule has 2 rings (SSSR count). The molecule has 1 aliphatic carbocycles. The normalized spacial score (nSPS) is 24.0. The second-order valence-electron chi connectivity index (χ2n) is 6.21. The van der Waals surface area contributed by atoms with Crippen molar-refractivity contribution in [2.24, 2.45) is 11.8 Å². The Morgan fingerprint density at radius 1 is 1.24 bits per heavy atom. The fourth-order valence-electron chi connectivity index (χ4n) is 2.95. The van der Waals surface area contributed by atoms with Crippen molar-refractivity contribution in [2.45, 2.75) is 52.2 Å². The highest BCUT2D eigenvalue weighted by atomic mass is 19.3. The van der Waals surface area contributed by atoms with Crippen molar-refractivity contribution in [3.63, 3.8) is 0 Å². The lowest BCUT2D eigenvalue weighted by Crippen LogP contribution is -2.28. The molecule has 1 aromatic rings. The van der Waals surface area contributed by atoms with Gasteiger partial charge in [0.05, 0.1) is 0 Å². The van der Waals surface area contributed by atoms with Gasteiger partial charge in [-0.15, -0.1) is 0 Å². The van der Waals surface area contributed by atoms with Crippen molar-refractivity contribution < 1.29 is 13.5 Å². The van der Waals surface area contributed by atoms with Crippen LogP contribution in [-0.4, -0.2) is 13.2 Å².